The second kappa shape index (κ2) is 2.94. The van der Waals surface area contributed by atoms with Gasteiger partial charge in [0.2, 0.25) is 0 Å². The maximum atomic E-state index is 7.40. The summed E-state index contributed by atoms with van der Waals surface area (Å²) in [5.41, 5.74) is 7.66. The molecule has 1 unspecified atom stereocenters. The molecule has 0 radical (unpaired) electrons. The number of nitrogens with two attached hydrogens (primary N) is 1. The van der Waals surface area contributed by atoms with Crippen molar-refractivity contribution in [1.29, 1.82) is 5.41 Å². The van der Waals surface area contributed by atoms with Crippen LogP contribution in [0.3, 0.4) is 0 Å². The Kier molecular flexibility index (Phi) is 1.77. The van der Waals surface area contributed by atoms with Gasteiger partial charge in [-0.2, -0.15) is 0 Å². The van der Waals surface area contributed by atoms with Gasteiger partial charge in [0, 0.05) is 0 Å². The molecular weight excluding hydrogens is 162 g/mol. The molecule has 13 heavy (non-hydrogen) atoms. The van der Waals surface area contributed by atoms with E-state index in [0.717, 1.165) is 11.1 Å². The first kappa shape index (κ1) is 7.86. The van der Waals surface area contributed by atoms with E-state index in [1.54, 1.807) is 0 Å². The molecule has 0 saturated heterocycles. The van der Waals surface area contributed by atoms with Crippen LogP contribution in [0.1, 0.15) is 17.2 Å². The second-order valence-corrected chi connectivity index (χ2v) is 3.02. The molecule has 1 aliphatic heterocycles. The summed E-state index contributed by atoms with van der Waals surface area (Å²) < 4.78 is 0. The van der Waals surface area contributed by atoms with Crippen molar-refractivity contribution in [3.05, 3.63) is 41.6 Å². The summed E-state index contributed by atoms with van der Waals surface area (Å²) in [6.45, 7) is 0. The van der Waals surface area contributed by atoms with E-state index in [-0.39, 0.29) is 11.9 Å². The topological polar surface area (TPSA) is 61.9 Å². The van der Waals surface area contributed by atoms with Crippen molar-refractivity contribution >= 4 is 11.9 Å². The van der Waals surface area contributed by atoms with E-state index >= 15 is 0 Å². The fraction of sp³-hybridized carbons (Fsp3) is 0.100. The molecule has 0 aromatic heterocycles. The van der Waals surface area contributed by atoms with E-state index in [1.807, 2.05) is 36.5 Å². The first-order valence-electron chi connectivity index (χ1n) is 4.14. The Hall–Kier alpha value is -1.77. The minimum absolute atomic E-state index is 0.150. The molecule has 0 fully saturated rings. The zero-order valence-corrected chi connectivity index (χ0v) is 7.12. The summed E-state index contributed by atoms with van der Waals surface area (Å²) in [6.07, 6.45) is 3.81. The number of rotatable bonds is 1. The molecule has 1 aliphatic rings. The molecule has 66 valence electrons. The largest absolute Gasteiger partial charge is 0.386 e. The number of nitrogens with one attached hydrogen (secondary N) is 2. The maximum Gasteiger partial charge on any atom is 0.118 e. The number of hydrogen-bond donors (Lipinski definition) is 3. The van der Waals surface area contributed by atoms with Crippen LogP contribution in [-0.4, -0.2) is 5.84 Å². The minimum atomic E-state index is -0.166. The van der Waals surface area contributed by atoms with Gasteiger partial charge in [-0.15, -0.1) is 0 Å². The van der Waals surface area contributed by atoms with Crippen molar-refractivity contribution in [3.63, 3.8) is 0 Å². The third-order valence-corrected chi connectivity index (χ3v) is 2.14. The second-order valence-electron chi connectivity index (χ2n) is 3.02. The van der Waals surface area contributed by atoms with Gasteiger partial charge in [-0.3, -0.25) is 5.41 Å². The van der Waals surface area contributed by atoms with E-state index in [2.05, 4.69) is 5.32 Å². The third-order valence-electron chi connectivity index (χ3n) is 2.14. The smallest absolute Gasteiger partial charge is 0.118 e. The lowest BCUT2D eigenvalue weighted by Gasteiger charge is -2.22. The fourth-order valence-electron chi connectivity index (χ4n) is 1.51. The SMILES string of the molecule is N=C(N)C1NC=Cc2ccccc21. The quantitative estimate of drug-likeness (QED) is 0.442. The lowest BCUT2D eigenvalue weighted by Crippen LogP contribution is -2.32. The summed E-state index contributed by atoms with van der Waals surface area (Å²) in [6, 6.07) is 7.77. The molecule has 0 aliphatic carbocycles. The Bertz CT molecular complexity index is 368. The highest BCUT2D eigenvalue weighted by Gasteiger charge is 2.17. The summed E-state index contributed by atoms with van der Waals surface area (Å²) in [5.74, 6) is 0.150. The number of hydrogen-bond acceptors (Lipinski definition) is 2. The standard InChI is InChI=1S/C10H11N3/c11-10(12)9-8-4-2-1-3-7(8)5-6-13-9/h1-6,9,13H,(H3,11,12). The monoisotopic (exact) mass is 173 g/mol. The van der Waals surface area contributed by atoms with Crippen LogP contribution in [0.4, 0.5) is 0 Å². The first-order chi connectivity index (χ1) is 6.29. The average molecular weight is 173 g/mol. The molecule has 1 atom stereocenters. The molecule has 1 aromatic carbocycles. The van der Waals surface area contributed by atoms with E-state index in [9.17, 15) is 0 Å². The molecular formula is C10H11N3. The van der Waals surface area contributed by atoms with Gasteiger partial charge >= 0.3 is 0 Å². The van der Waals surface area contributed by atoms with Crippen LogP contribution in [0, 0.1) is 5.41 Å². The van der Waals surface area contributed by atoms with Gasteiger partial charge < -0.3 is 11.1 Å². The summed E-state index contributed by atoms with van der Waals surface area (Å²) >= 11 is 0. The fourth-order valence-corrected chi connectivity index (χ4v) is 1.51. The molecule has 0 amide bonds. The zero-order valence-electron chi connectivity index (χ0n) is 7.12. The highest BCUT2D eigenvalue weighted by Crippen LogP contribution is 2.22. The van der Waals surface area contributed by atoms with E-state index < -0.39 is 0 Å². The van der Waals surface area contributed by atoms with Crippen LogP contribution < -0.4 is 11.1 Å². The van der Waals surface area contributed by atoms with Crippen molar-refractivity contribution in [2.24, 2.45) is 5.73 Å². The van der Waals surface area contributed by atoms with Gasteiger partial charge in [-0.1, -0.05) is 24.3 Å². The van der Waals surface area contributed by atoms with Gasteiger partial charge in [0.05, 0.1) is 0 Å². The molecule has 0 saturated carbocycles. The van der Waals surface area contributed by atoms with Crippen LogP contribution in [0.25, 0.3) is 6.08 Å². The van der Waals surface area contributed by atoms with Crippen LogP contribution in [-0.2, 0) is 0 Å². The molecule has 3 heteroatoms. The molecule has 4 N–H and O–H groups in total. The molecule has 3 nitrogen and oxygen atoms in total. The Morgan fingerprint density at radius 3 is 2.92 bits per heavy atom. The minimum Gasteiger partial charge on any atom is -0.386 e. The Morgan fingerprint density at radius 2 is 2.15 bits per heavy atom. The van der Waals surface area contributed by atoms with Crippen molar-refractivity contribution in [2.45, 2.75) is 6.04 Å². The van der Waals surface area contributed by atoms with Crippen LogP contribution >= 0.6 is 0 Å². The van der Waals surface area contributed by atoms with Crippen molar-refractivity contribution < 1.29 is 0 Å². The summed E-state index contributed by atoms with van der Waals surface area (Å²) in [7, 11) is 0. The Labute approximate surface area is 76.8 Å². The van der Waals surface area contributed by atoms with Crippen molar-refractivity contribution in [1.82, 2.24) is 5.32 Å². The van der Waals surface area contributed by atoms with Crippen LogP contribution in [0.2, 0.25) is 0 Å². The van der Waals surface area contributed by atoms with Crippen molar-refractivity contribution in [3.8, 4) is 0 Å². The number of fused-ring (bicyclic) bond motifs is 1. The van der Waals surface area contributed by atoms with E-state index in [4.69, 9.17) is 11.1 Å². The zero-order chi connectivity index (χ0) is 9.26. The normalized spacial score (nSPS) is 18.9. The molecule has 1 aromatic rings. The molecule has 1 heterocycles. The molecule has 0 bridgehead atoms. The highest BCUT2D eigenvalue weighted by molar-refractivity contribution is 5.86. The van der Waals surface area contributed by atoms with Gasteiger partial charge in [0.15, 0.2) is 0 Å². The van der Waals surface area contributed by atoms with Gasteiger partial charge in [0.25, 0.3) is 0 Å². The lowest BCUT2D eigenvalue weighted by molar-refractivity contribution is 0.772. The lowest BCUT2D eigenvalue weighted by atomic mass is 9.97. The van der Waals surface area contributed by atoms with E-state index in [1.165, 1.54) is 0 Å². The predicted molar refractivity (Wildman–Crippen MR) is 53.3 cm³/mol. The Balaban J connectivity index is 2.49. The van der Waals surface area contributed by atoms with Crippen LogP contribution in [0.5, 0.6) is 0 Å². The van der Waals surface area contributed by atoms with E-state index in [0.29, 0.717) is 0 Å². The molecule has 2 rings (SSSR count). The number of benzene rings is 1. The van der Waals surface area contributed by atoms with Gasteiger partial charge in [-0.05, 0) is 23.4 Å². The summed E-state index contributed by atoms with van der Waals surface area (Å²) in [4.78, 5) is 0. The third kappa shape index (κ3) is 1.28. The van der Waals surface area contributed by atoms with Gasteiger partial charge in [0.1, 0.15) is 11.9 Å². The van der Waals surface area contributed by atoms with Gasteiger partial charge in [-0.25, -0.2) is 0 Å². The average Bonchev–Trinajstić information content (AvgIpc) is 2.17. The molecule has 0 spiro atoms. The maximum absolute atomic E-state index is 7.40. The highest BCUT2D eigenvalue weighted by atomic mass is 15.0. The first-order valence-corrected chi connectivity index (χ1v) is 4.14. The Morgan fingerprint density at radius 1 is 1.38 bits per heavy atom. The number of amidine groups is 1. The van der Waals surface area contributed by atoms with Crippen molar-refractivity contribution in [2.75, 3.05) is 0 Å². The summed E-state index contributed by atoms with van der Waals surface area (Å²) in [5, 5.41) is 10.4. The van der Waals surface area contributed by atoms with Crippen LogP contribution in [0.15, 0.2) is 30.5 Å². The predicted octanol–water partition coefficient (Wildman–Crippen LogP) is 1.24.